The van der Waals surface area contributed by atoms with Gasteiger partial charge in [-0.15, -0.1) is 0 Å². The fraction of sp³-hybridized carbons (Fsp3) is 0.667. The quantitative estimate of drug-likeness (QED) is 0.279. The first kappa shape index (κ1) is 12.1. The summed E-state index contributed by atoms with van der Waals surface area (Å²) >= 11 is 4.09. The van der Waals surface area contributed by atoms with Crippen LogP contribution in [0.15, 0.2) is 0 Å². The Kier molecular flexibility index (Phi) is 6.11. The summed E-state index contributed by atoms with van der Waals surface area (Å²) in [5, 5.41) is 3.07. The van der Waals surface area contributed by atoms with Crippen LogP contribution in [0.2, 0.25) is 0 Å². The third-order valence-electron chi connectivity index (χ3n) is 1.46. The summed E-state index contributed by atoms with van der Waals surface area (Å²) in [5.74, 6) is 0. The zero-order valence-corrected chi connectivity index (χ0v) is 8.09. The maximum absolute atomic E-state index is 10.2. The molecule has 0 spiro atoms. The Balaban J connectivity index is 0.000000310. The number of nitrogens with zero attached hydrogens (tertiary/aromatic N) is 1. The van der Waals surface area contributed by atoms with Gasteiger partial charge in [0.1, 0.15) is 0 Å². The molecule has 7 N–H and O–H groups in total. The molecular weight excluding hydrogens is 190 g/mol. The fourth-order valence-corrected chi connectivity index (χ4v) is 0.872. The molecule has 1 aliphatic rings. The van der Waals surface area contributed by atoms with Crippen molar-refractivity contribution in [2.75, 3.05) is 19.6 Å². The topological polar surface area (TPSA) is 110 Å². The van der Waals surface area contributed by atoms with Gasteiger partial charge in [-0.05, 0) is 12.2 Å². The number of nitrogens with one attached hydrogen (secondary N) is 1. The van der Waals surface area contributed by atoms with Gasteiger partial charge in [0.05, 0.1) is 6.17 Å². The van der Waals surface area contributed by atoms with Crippen LogP contribution in [-0.2, 0) is 4.79 Å². The molecule has 7 heteroatoms. The van der Waals surface area contributed by atoms with Gasteiger partial charge in [0, 0.05) is 19.6 Å². The molecular formula is C6H15N5OS. The van der Waals surface area contributed by atoms with Gasteiger partial charge in [-0.3, -0.25) is 4.79 Å². The lowest BCUT2D eigenvalue weighted by atomic mass is 10.3. The third kappa shape index (κ3) is 6.26. The summed E-state index contributed by atoms with van der Waals surface area (Å²) in [6.07, 6.45) is 0.669. The molecule has 1 aliphatic heterocycles. The molecule has 0 aromatic rings. The Morgan fingerprint density at radius 1 is 1.62 bits per heavy atom. The molecule has 1 heterocycles. The first-order chi connectivity index (χ1) is 6.07. The molecule has 0 aromatic heterocycles. The van der Waals surface area contributed by atoms with Crippen molar-refractivity contribution in [1.29, 1.82) is 0 Å². The van der Waals surface area contributed by atoms with Crippen LogP contribution in [0.3, 0.4) is 0 Å². The van der Waals surface area contributed by atoms with Gasteiger partial charge < -0.3 is 27.4 Å². The van der Waals surface area contributed by atoms with Gasteiger partial charge in [-0.1, -0.05) is 0 Å². The van der Waals surface area contributed by atoms with E-state index in [0.29, 0.717) is 6.54 Å². The minimum atomic E-state index is -0.128. The van der Waals surface area contributed by atoms with E-state index in [1.807, 2.05) is 0 Å². The van der Waals surface area contributed by atoms with Crippen LogP contribution in [0.1, 0.15) is 0 Å². The summed E-state index contributed by atoms with van der Waals surface area (Å²) in [4.78, 5) is 11.8. The third-order valence-corrected chi connectivity index (χ3v) is 1.46. The largest absolute Gasteiger partial charge is 0.377 e. The van der Waals surface area contributed by atoms with Crippen LogP contribution >= 0.6 is 12.2 Å². The van der Waals surface area contributed by atoms with Crippen molar-refractivity contribution in [2.24, 2.45) is 17.2 Å². The monoisotopic (exact) mass is 205 g/mol. The summed E-state index contributed by atoms with van der Waals surface area (Å²) in [6.45, 7) is 2.29. The van der Waals surface area contributed by atoms with Gasteiger partial charge in [-0.25, -0.2) is 0 Å². The number of rotatable bonds is 1. The van der Waals surface area contributed by atoms with Crippen LogP contribution < -0.4 is 22.5 Å². The van der Waals surface area contributed by atoms with Crippen molar-refractivity contribution in [3.63, 3.8) is 0 Å². The van der Waals surface area contributed by atoms with Gasteiger partial charge in [0.2, 0.25) is 6.41 Å². The molecule has 1 fully saturated rings. The van der Waals surface area contributed by atoms with E-state index in [0.717, 1.165) is 19.5 Å². The van der Waals surface area contributed by atoms with Gasteiger partial charge in [-0.2, -0.15) is 0 Å². The molecule has 76 valence electrons. The van der Waals surface area contributed by atoms with Crippen molar-refractivity contribution < 1.29 is 4.79 Å². The zero-order chi connectivity index (χ0) is 10.3. The highest BCUT2D eigenvalue weighted by atomic mass is 32.1. The molecule has 13 heavy (non-hydrogen) atoms. The van der Waals surface area contributed by atoms with Crippen molar-refractivity contribution in [3.05, 3.63) is 0 Å². The summed E-state index contributed by atoms with van der Waals surface area (Å²) in [5.41, 5.74) is 14.8. The smallest absolute Gasteiger partial charge is 0.211 e. The minimum Gasteiger partial charge on any atom is -0.377 e. The van der Waals surface area contributed by atoms with E-state index in [2.05, 4.69) is 29.0 Å². The Labute approximate surface area is 82.4 Å². The molecule has 1 saturated heterocycles. The first-order valence-electron chi connectivity index (χ1n) is 3.80. The lowest BCUT2D eigenvalue weighted by molar-refractivity contribution is -0.120. The van der Waals surface area contributed by atoms with Gasteiger partial charge in [0.15, 0.2) is 5.11 Å². The van der Waals surface area contributed by atoms with E-state index in [1.54, 1.807) is 4.90 Å². The molecule has 0 bridgehead atoms. The number of piperazine rings is 1. The summed E-state index contributed by atoms with van der Waals surface area (Å²) < 4.78 is 0. The highest BCUT2D eigenvalue weighted by molar-refractivity contribution is 7.80. The number of nitrogens with two attached hydrogens (primary N) is 3. The lowest BCUT2D eigenvalue weighted by Gasteiger charge is -2.29. The number of hydrogen-bond acceptors (Lipinski definition) is 4. The SMILES string of the molecule is NC(N)=S.NC1CNCCN1C=O. The van der Waals surface area contributed by atoms with Crippen LogP contribution in [0, 0.1) is 0 Å². The van der Waals surface area contributed by atoms with Crippen molar-refractivity contribution in [2.45, 2.75) is 6.17 Å². The van der Waals surface area contributed by atoms with Crippen LogP contribution in [-0.4, -0.2) is 42.2 Å². The molecule has 1 rings (SSSR count). The van der Waals surface area contributed by atoms with Crippen LogP contribution in [0.4, 0.5) is 0 Å². The Morgan fingerprint density at radius 2 is 2.15 bits per heavy atom. The van der Waals surface area contributed by atoms with Crippen molar-refractivity contribution >= 4 is 23.7 Å². The summed E-state index contributed by atoms with van der Waals surface area (Å²) in [7, 11) is 0. The molecule has 0 saturated carbocycles. The number of carbonyl (C=O) groups excluding carboxylic acids is 1. The maximum atomic E-state index is 10.2. The first-order valence-corrected chi connectivity index (χ1v) is 4.21. The average Bonchev–Trinajstić information content (AvgIpc) is 2.04. The number of carbonyl (C=O) groups is 1. The van der Waals surface area contributed by atoms with E-state index in [9.17, 15) is 4.79 Å². The second-order valence-corrected chi connectivity index (χ2v) is 2.99. The minimum absolute atomic E-state index is 0.000000000000000222. The average molecular weight is 205 g/mol. The predicted molar refractivity (Wildman–Crippen MR) is 54.6 cm³/mol. The molecule has 1 atom stereocenters. The molecule has 0 aromatic carbocycles. The van der Waals surface area contributed by atoms with E-state index in [1.165, 1.54) is 0 Å². The highest BCUT2D eigenvalue weighted by Gasteiger charge is 2.14. The van der Waals surface area contributed by atoms with Crippen LogP contribution in [0.25, 0.3) is 0 Å². The highest BCUT2D eigenvalue weighted by Crippen LogP contribution is 1.91. The normalized spacial score (nSPS) is 21.3. The van der Waals surface area contributed by atoms with Crippen molar-refractivity contribution in [1.82, 2.24) is 10.2 Å². The zero-order valence-electron chi connectivity index (χ0n) is 7.27. The number of hydrogen-bond donors (Lipinski definition) is 4. The molecule has 6 nitrogen and oxygen atoms in total. The summed E-state index contributed by atoms with van der Waals surface area (Å²) in [6, 6.07) is 0. The Bertz CT molecular complexity index is 172. The van der Waals surface area contributed by atoms with Gasteiger partial charge >= 0.3 is 0 Å². The van der Waals surface area contributed by atoms with E-state index < -0.39 is 0 Å². The number of thiocarbonyl (C=S) groups is 1. The molecule has 1 unspecified atom stereocenters. The standard InChI is InChI=1S/C5H11N3O.CH4N2S/c6-5-3-7-1-2-8(5)4-9;2-1(3)4/h4-5,7H,1-3,6H2;(H4,2,3,4). The molecule has 0 aliphatic carbocycles. The Hall–Kier alpha value is -0.920. The van der Waals surface area contributed by atoms with Gasteiger partial charge in [0.25, 0.3) is 0 Å². The second-order valence-electron chi connectivity index (χ2n) is 2.52. The number of amides is 1. The molecule has 1 amide bonds. The fourth-order valence-electron chi connectivity index (χ4n) is 0.872. The van der Waals surface area contributed by atoms with E-state index in [4.69, 9.17) is 5.73 Å². The van der Waals surface area contributed by atoms with E-state index in [-0.39, 0.29) is 11.3 Å². The van der Waals surface area contributed by atoms with Crippen LogP contribution in [0.5, 0.6) is 0 Å². The molecule has 0 radical (unpaired) electrons. The second kappa shape index (κ2) is 6.58. The van der Waals surface area contributed by atoms with E-state index >= 15 is 0 Å². The Morgan fingerprint density at radius 3 is 2.46 bits per heavy atom. The maximum Gasteiger partial charge on any atom is 0.211 e. The van der Waals surface area contributed by atoms with Crippen molar-refractivity contribution in [3.8, 4) is 0 Å². The predicted octanol–water partition coefficient (Wildman–Crippen LogP) is -2.48. The lowest BCUT2D eigenvalue weighted by Crippen LogP contribution is -2.54.